The minimum Gasteiger partial charge on any atom is -0.469 e. The predicted molar refractivity (Wildman–Crippen MR) is 91.4 cm³/mol. The molecule has 0 unspecified atom stereocenters. The maximum atomic E-state index is 11.6. The lowest BCUT2D eigenvalue weighted by Gasteiger charge is -2.33. The van der Waals surface area contributed by atoms with Crippen LogP contribution in [0.25, 0.3) is 0 Å². The average Bonchev–Trinajstić information content (AvgIpc) is 2.93. The van der Waals surface area contributed by atoms with E-state index in [1.54, 1.807) is 6.08 Å². The number of aliphatic imine (C=N–C) groups is 1. The highest BCUT2D eigenvalue weighted by molar-refractivity contribution is 5.80. The van der Waals surface area contributed by atoms with Gasteiger partial charge in [-0.1, -0.05) is 6.08 Å². The Balaban J connectivity index is 2.02. The molecule has 1 aromatic heterocycles. The van der Waals surface area contributed by atoms with Crippen molar-refractivity contribution in [3.8, 4) is 0 Å². The van der Waals surface area contributed by atoms with E-state index < -0.39 is 0 Å². The van der Waals surface area contributed by atoms with E-state index in [-0.39, 0.29) is 11.9 Å². The number of nitrogens with zero attached hydrogens (tertiary/aromatic N) is 5. The number of aromatic nitrogens is 3. The fraction of sp³-hybridized carbons (Fsp3) is 0.625. The second kappa shape index (κ2) is 8.47. The number of esters is 1. The van der Waals surface area contributed by atoms with Crippen molar-refractivity contribution < 1.29 is 9.53 Å². The SMILES string of the molecule is C=CCNC(=NCc1nnc(C)n1C)N1CCC(C(=O)OC)CC1. The Labute approximate surface area is 142 Å². The Morgan fingerprint density at radius 3 is 2.71 bits per heavy atom. The molecule has 1 saturated heterocycles. The average molecular weight is 334 g/mol. The van der Waals surface area contributed by atoms with E-state index in [4.69, 9.17) is 4.74 Å². The van der Waals surface area contributed by atoms with Crippen molar-refractivity contribution in [1.29, 1.82) is 0 Å². The summed E-state index contributed by atoms with van der Waals surface area (Å²) in [7, 11) is 3.37. The first-order chi connectivity index (χ1) is 11.6. The maximum Gasteiger partial charge on any atom is 0.308 e. The summed E-state index contributed by atoms with van der Waals surface area (Å²) in [5.41, 5.74) is 0. The van der Waals surface area contributed by atoms with Crippen LogP contribution in [0.4, 0.5) is 0 Å². The van der Waals surface area contributed by atoms with Gasteiger partial charge in [0.2, 0.25) is 0 Å². The first kappa shape index (κ1) is 18.0. The van der Waals surface area contributed by atoms with E-state index in [0.29, 0.717) is 13.1 Å². The van der Waals surface area contributed by atoms with Crippen molar-refractivity contribution in [3.63, 3.8) is 0 Å². The van der Waals surface area contributed by atoms with Crippen molar-refractivity contribution in [2.75, 3.05) is 26.7 Å². The van der Waals surface area contributed by atoms with Crippen molar-refractivity contribution in [2.24, 2.45) is 18.0 Å². The van der Waals surface area contributed by atoms with E-state index >= 15 is 0 Å². The summed E-state index contributed by atoms with van der Waals surface area (Å²) in [6, 6.07) is 0. The lowest BCUT2D eigenvalue weighted by Crippen LogP contribution is -2.46. The summed E-state index contributed by atoms with van der Waals surface area (Å²) in [6.45, 7) is 8.26. The molecule has 0 radical (unpaired) electrons. The van der Waals surface area contributed by atoms with Crippen molar-refractivity contribution >= 4 is 11.9 Å². The summed E-state index contributed by atoms with van der Waals surface area (Å²) in [6.07, 6.45) is 3.33. The Morgan fingerprint density at radius 1 is 1.46 bits per heavy atom. The minimum atomic E-state index is -0.123. The lowest BCUT2D eigenvalue weighted by atomic mass is 9.97. The van der Waals surface area contributed by atoms with Crippen molar-refractivity contribution in [3.05, 3.63) is 24.3 Å². The third-order valence-electron chi connectivity index (χ3n) is 4.29. The number of aryl methyl sites for hydroxylation is 1. The molecule has 1 aliphatic heterocycles. The molecule has 0 amide bonds. The van der Waals surface area contributed by atoms with E-state index in [2.05, 4.69) is 32.0 Å². The molecule has 1 N–H and O–H groups in total. The summed E-state index contributed by atoms with van der Waals surface area (Å²) in [5, 5.41) is 11.5. The first-order valence-electron chi connectivity index (χ1n) is 8.13. The molecule has 1 fully saturated rings. The highest BCUT2D eigenvalue weighted by Gasteiger charge is 2.27. The maximum absolute atomic E-state index is 11.6. The van der Waals surface area contributed by atoms with Crippen LogP contribution in [-0.2, 0) is 23.1 Å². The van der Waals surface area contributed by atoms with Gasteiger partial charge in [0, 0.05) is 26.7 Å². The van der Waals surface area contributed by atoms with Gasteiger partial charge in [0.25, 0.3) is 0 Å². The zero-order valence-corrected chi connectivity index (χ0v) is 14.7. The third kappa shape index (κ3) is 4.33. The lowest BCUT2D eigenvalue weighted by molar-refractivity contribution is -0.146. The molecule has 1 aliphatic rings. The van der Waals surface area contributed by atoms with Gasteiger partial charge < -0.3 is 19.5 Å². The number of likely N-dealkylation sites (tertiary alicyclic amines) is 1. The van der Waals surface area contributed by atoms with Crippen molar-refractivity contribution in [2.45, 2.75) is 26.3 Å². The predicted octanol–water partition coefficient (Wildman–Crippen LogP) is 0.640. The van der Waals surface area contributed by atoms with Crippen LogP contribution < -0.4 is 5.32 Å². The molecule has 1 aromatic rings. The van der Waals surface area contributed by atoms with Gasteiger partial charge in [-0.2, -0.15) is 0 Å². The van der Waals surface area contributed by atoms with Crippen LogP contribution in [0.2, 0.25) is 0 Å². The molecule has 0 atom stereocenters. The zero-order chi connectivity index (χ0) is 17.5. The van der Waals surface area contributed by atoms with Crippen LogP contribution >= 0.6 is 0 Å². The van der Waals surface area contributed by atoms with Crippen LogP contribution in [0.1, 0.15) is 24.5 Å². The van der Waals surface area contributed by atoms with Gasteiger partial charge in [0.05, 0.1) is 13.0 Å². The fourth-order valence-corrected chi connectivity index (χ4v) is 2.66. The number of hydrogen-bond donors (Lipinski definition) is 1. The molecule has 8 heteroatoms. The summed E-state index contributed by atoms with van der Waals surface area (Å²) in [5.74, 6) is 2.34. The van der Waals surface area contributed by atoms with Gasteiger partial charge in [-0.05, 0) is 19.8 Å². The summed E-state index contributed by atoms with van der Waals surface area (Å²) in [4.78, 5) is 18.5. The molecular weight excluding hydrogens is 308 g/mol. The van der Waals surface area contributed by atoms with E-state index in [0.717, 1.165) is 43.5 Å². The zero-order valence-electron chi connectivity index (χ0n) is 14.7. The summed E-state index contributed by atoms with van der Waals surface area (Å²) < 4.78 is 6.77. The van der Waals surface area contributed by atoms with Crippen LogP contribution in [0, 0.1) is 12.8 Å². The number of rotatable bonds is 5. The fourth-order valence-electron chi connectivity index (χ4n) is 2.66. The van der Waals surface area contributed by atoms with Crippen molar-refractivity contribution in [1.82, 2.24) is 25.0 Å². The van der Waals surface area contributed by atoms with Gasteiger partial charge in [-0.25, -0.2) is 4.99 Å². The third-order valence-corrected chi connectivity index (χ3v) is 4.29. The quantitative estimate of drug-likeness (QED) is 0.368. The Hall–Kier alpha value is -2.38. The summed E-state index contributed by atoms with van der Waals surface area (Å²) >= 11 is 0. The topological polar surface area (TPSA) is 84.6 Å². The molecule has 2 heterocycles. The van der Waals surface area contributed by atoms with E-state index in [1.807, 2.05) is 18.5 Å². The molecule has 0 bridgehead atoms. The number of methoxy groups -OCH3 is 1. The van der Waals surface area contributed by atoms with Gasteiger partial charge in [0.15, 0.2) is 11.8 Å². The molecule has 0 saturated carbocycles. The number of guanidine groups is 1. The van der Waals surface area contributed by atoms with E-state index in [1.165, 1.54) is 7.11 Å². The molecule has 8 nitrogen and oxygen atoms in total. The second-order valence-electron chi connectivity index (χ2n) is 5.82. The largest absolute Gasteiger partial charge is 0.469 e. The standard InChI is InChI=1S/C16H26N6O2/c1-5-8-17-16(18-11-14-20-19-12(2)21(14)3)22-9-6-13(7-10-22)15(23)24-4/h5,13H,1,6-11H2,2-4H3,(H,17,18). The number of ether oxygens (including phenoxy) is 1. The number of carbonyl (C=O) groups is 1. The highest BCUT2D eigenvalue weighted by atomic mass is 16.5. The molecule has 2 rings (SSSR count). The number of hydrogen-bond acceptors (Lipinski definition) is 5. The van der Waals surface area contributed by atoms with Crippen LogP contribution in [0.15, 0.2) is 17.6 Å². The Morgan fingerprint density at radius 2 is 2.17 bits per heavy atom. The van der Waals surface area contributed by atoms with Crippen LogP contribution in [0.3, 0.4) is 0 Å². The first-order valence-corrected chi connectivity index (χ1v) is 8.13. The normalized spacial score (nSPS) is 16.1. The van der Waals surface area contributed by atoms with Gasteiger partial charge >= 0.3 is 5.97 Å². The molecule has 24 heavy (non-hydrogen) atoms. The number of piperidine rings is 1. The Kier molecular flexibility index (Phi) is 6.34. The highest BCUT2D eigenvalue weighted by Crippen LogP contribution is 2.18. The molecular formula is C16H26N6O2. The van der Waals surface area contributed by atoms with Gasteiger partial charge in [-0.15, -0.1) is 16.8 Å². The monoisotopic (exact) mass is 334 g/mol. The van der Waals surface area contributed by atoms with Crippen LogP contribution in [0.5, 0.6) is 0 Å². The minimum absolute atomic E-state index is 0.0201. The number of nitrogens with one attached hydrogen (secondary N) is 1. The number of carbonyl (C=O) groups excluding carboxylic acids is 1. The molecule has 0 aromatic carbocycles. The second-order valence-corrected chi connectivity index (χ2v) is 5.82. The molecule has 0 aliphatic carbocycles. The van der Waals surface area contributed by atoms with E-state index in [9.17, 15) is 4.79 Å². The molecule has 0 spiro atoms. The van der Waals surface area contributed by atoms with Crippen LogP contribution in [-0.4, -0.2) is 58.3 Å². The van der Waals surface area contributed by atoms with Gasteiger partial charge in [0.1, 0.15) is 12.4 Å². The van der Waals surface area contributed by atoms with Gasteiger partial charge in [-0.3, -0.25) is 4.79 Å². The molecule has 132 valence electrons. The smallest absolute Gasteiger partial charge is 0.308 e. The Bertz CT molecular complexity index is 602.